The molecule has 0 saturated heterocycles. The third kappa shape index (κ3) is 3.79. The number of nitrogens with zero attached hydrogens (tertiary/aromatic N) is 4. The molecule has 0 fully saturated rings. The molecule has 11 aromatic rings. The number of hydrogen-bond donors (Lipinski definition) is 0. The summed E-state index contributed by atoms with van der Waals surface area (Å²) in [5.74, 6) is 0.665. The topological polar surface area (TPSA) is 35.6 Å². The van der Waals surface area contributed by atoms with Crippen LogP contribution in [0.4, 0.5) is 0 Å². The summed E-state index contributed by atoms with van der Waals surface area (Å²) >= 11 is 1.86. The van der Waals surface area contributed by atoms with Crippen molar-refractivity contribution in [2.75, 3.05) is 0 Å². The summed E-state index contributed by atoms with van der Waals surface area (Å²) in [4.78, 5) is 12.1. The molecule has 0 amide bonds. The third-order valence-electron chi connectivity index (χ3n) is 9.92. The van der Waals surface area contributed by atoms with Gasteiger partial charge in [0.15, 0.2) is 0 Å². The van der Waals surface area contributed by atoms with Crippen LogP contribution < -0.4 is 0 Å². The van der Waals surface area contributed by atoms with E-state index in [1.165, 1.54) is 42.0 Å². The second kappa shape index (κ2) is 10.1. The van der Waals surface area contributed by atoms with Gasteiger partial charge >= 0.3 is 0 Å². The summed E-state index contributed by atoms with van der Waals surface area (Å²) in [7, 11) is 0. The highest BCUT2D eigenvalue weighted by atomic mass is 32.1. The van der Waals surface area contributed by atoms with E-state index in [0.29, 0.717) is 5.95 Å². The predicted octanol–water partition coefficient (Wildman–Crippen LogP) is 11.9. The first-order valence-corrected chi connectivity index (χ1v) is 17.3. The van der Waals surface area contributed by atoms with Gasteiger partial charge in [-0.25, -0.2) is 9.97 Å². The lowest BCUT2D eigenvalue weighted by Gasteiger charge is -2.13. The number of benzene rings is 7. The fourth-order valence-electron chi connectivity index (χ4n) is 7.77. The van der Waals surface area contributed by atoms with Crippen molar-refractivity contribution in [2.24, 2.45) is 0 Å². The number of rotatable bonds is 3. The van der Waals surface area contributed by atoms with Crippen molar-refractivity contribution in [2.45, 2.75) is 0 Å². The number of para-hydroxylation sites is 2. The van der Waals surface area contributed by atoms with Crippen molar-refractivity contribution < 1.29 is 0 Å². The monoisotopic (exact) mass is 642 g/mol. The van der Waals surface area contributed by atoms with E-state index in [-0.39, 0.29) is 0 Å². The molecular weight excluding hydrogens is 617 g/mol. The van der Waals surface area contributed by atoms with Crippen molar-refractivity contribution >= 4 is 86.0 Å². The summed E-state index contributed by atoms with van der Waals surface area (Å²) in [5.41, 5.74) is 7.44. The molecule has 4 nitrogen and oxygen atoms in total. The van der Waals surface area contributed by atoms with Gasteiger partial charge in [0, 0.05) is 53.7 Å². The first-order chi connectivity index (χ1) is 24.3. The average molecular weight is 643 g/mol. The zero-order chi connectivity index (χ0) is 32.1. The third-order valence-corrected chi connectivity index (χ3v) is 11.1. The highest BCUT2D eigenvalue weighted by molar-refractivity contribution is 7.25. The molecule has 0 aliphatic carbocycles. The van der Waals surface area contributed by atoms with E-state index in [0.717, 1.165) is 49.7 Å². The van der Waals surface area contributed by atoms with Crippen molar-refractivity contribution in [3.05, 3.63) is 158 Å². The average Bonchev–Trinajstić information content (AvgIpc) is 3.80. The van der Waals surface area contributed by atoms with Gasteiger partial charge in [0.2, 0.25) is 5.95 Å². The van der Waals surface area contributed by atoms with E-state index in [4.69, 9.17) is 9.97 Å². The Bertz CT molecular complexity index is 3100. The quantitative estimate of drug-likeness (QED) is 0.180. The highest BCUT2D eigenvalue weighted by Crippen LogP contribution is 2.45. The van der Waals surface area contributed by atoms with Crippen LogP contribution in [0.25, 0.3) is 97.6 Å². The Morgan fingerprint density at radius 3 is 2.00 bits per heavy atom. The number of thiophene rings is 1. The highest BCUT2D eigenvalue weighted by Gasteiger charge is 2.23. The Hall–Kier alpha value is -6.30. The molecule has 0 atom stereocenters. The minimum Gasteiger partial charge on any atom is -0.301 e. The van der Waals surface area contributed by atoms with Gasteiger partial charge in [-0.05, 0) is 47.9 Å². The molecule has 0 radical (unpaired) electrons. The second-order valence-corrected chi connectivity index (χ2v) is 13.6. The van der Waals surface area contributed by atoms with Crippen LogP contribution in [0.5, 0.6) is 0 Å². The maximum Gasteiger partial charge on any atom is 0.235 e. The van der Waals surface area contributed by atoms with E-state index in [2.05, 4.69) is 167 Å². The molecular formula is C44H26N4S. The van der Waals surface area contributed by atoms with Crippen molar-refractivity contribution in [1.29, 1.82) is 0 Å². The molecule has 0 bridgehead atoms. The lowest BCUT2D eigenvalue weighted by atomic mass is 10.0. The maximum absolute atomic E-state index is 5.41. The van der Waals surface area contributed by atoms with Crippen molar-refractivity contribution in [3.8, 4) is 22.9 Å². The van der Waals surface area contributed by atoms with Crippen molar-refractivity contribution in [1.82, 2.24) is 19.1 Å². The summed E-state index contributed by atoms with van der Waals surface area (Å²) in [6.45, 7) is 0. The van der Waals surface area contributed by atoms with Gasteiger partial charge in [-0.3, -0.25) is 4.57 Å². The summed E-state index contributed by atoms with van der Waals surface area (Å²) < 4.78 is 6.00. The smallest absolute Gasteiger partial charge is 0.235 e. The van der Waals surface area contributed by atoms with Crippen molar-refractivity contribution in [3.63, 3.8) is 0 Å². The number of hydrogen-bond acceptors (Lipinski definition) is 3. The zero-order valence-electron chi connectivity index (χ0n) is 26.2. The van der Waals surface area contributed by atoms with Gasteiger partial charge in [-0.1, -0.05) is 115 Å². The second-order valence-electron chi connectivity index (χ2n) is 12.6. The number of aromatic nitrogens is 4. The lowest BCUT2D eigenvalue weighted by molar-refractivity contribution is 1.02. The molecule has 0 unspecified atom stereocenters. The standard InChI is InChI=1S/C44H26N4S/c1-3-14-28(15-4-1)41-33-24-23-27-13-7-8-18-30(27)42(33)46-44(45-41)48-36-21-11-9-19-31(36)34-25-35-38(26-37(34)48)47(29-16-5-2-6-17-29)43-40(35)32-20-10-12-22-39(32)49-43/h1-26H. The predicted molar refractivity (Wildman–Crippen MR) is 207 cm³/mol. The normalized spacial score (nSPS) is 12.1. The van der Waals surface area contributed by atoms with Crippen LogP contribution in [0.1, 0.15) is 0 Å². The van der Waals surface area contributed by atoms with Crippen LogP contribution in [-0.2, 0) is 0 Å². The fourth-order valence-corrected chi connectivity index (χ4v) is 9.02. The first-order valence-electron chi connectivity index (χ1n) is 16.5. The molecule has 0 N–H and O–H groups in total. The first kappa shape index (κ1) is 26.7. The molecule has 0 aliphatic rings. The van der Waals surface area contributed by atoms with E-state index in [9.17, 15) is 0 Å². The van der Waals surface area contributed by atoms with Gasteiger partial charge in [-0.15, -0.1) is 11.3 Å². The van der Waals surface area contributed by atoms with Crippen LogP contribution in [0.2, 0.25) is 0 Å². The molecule has 5 heteroatoms. The molecule has 228 valence electrons. The van der Waals surface area contributed by atoms with E-state index in [1.807, 2.05) is 11.3 Å². The van der Waals surface area contributed by atoms with Gasteiger partial charge in [0.25, 0.3) is 0 Å². The minimum absolute atomic E-state index is 0.665. The van der Waals surface area contributed by atoms with Crippen LogP contribution in [-0.4, -0.2) is 19.1 Å². The largest absolute Gasteiger partial charge is 0.301 e. The molecule has 7 aromatic carbocycles. The van der Waals surface area contributed by atoms with Crippen LogP contribution in [0.15, 0.2) is 158 Å². The molecule has 0 saturated carbocycles. The van der Waals surface area contributed by atoms with Gasteiger partial charge in [0.1, 0.15) is 4.83 Å². The lowest BCUT2D eigenvalue weighted by Crippen LogP contribution is -2.04. The maximum atomic E-state index is 5.41. The Labute approximate surface area is 284 Å². The Morgan fingerprint density at radius 1 is 0.449 bits per heavy atom. The fraction of sp³-hybridized carbons (Fsp3) is 0. The molecule has 0 aliphatic heterocycles. The summed E-state index contributed by atoms with van der Waals surface area (Å²) in [6.07, 6.45) is 0. The Morgan fingerprint density at radius 2 is 1.14 bits per heavy atom. The van der Waals surface area contributed by atoms with Gasteiger partial charge in [0.05, 0.1) is 27.8 Å². The molecule has 49 heavy (non-hydrogen) atoms. The molecule has 4 heterocycles. The Balaban J connectivity index is 1.31. The van der Waals surface area contributed by atoms with Crippen LogP contribution in [0.3, 0.4) is 0 Å². The summed E-state index contributed by atoms with van der Waals surface area (Å²) in [5, 5.41) is 9.55. The minimum atomic E-state index is 0.665. The van der Waals surface area contributed by atoms with Gasteiger partial charge < -0.3 is 4.57 Å². The SMILES string of the molecule is c1ccc(-c2nc(-n3c4ccccc4c4cc5c6c7ccccc7sc6n(-c6ccccc6)c5cc43)nc3c2ccc2ccccc23)cc1. The van der Waals surface area contributed by atoms with E-state index >= 15 is 0 Å². The van der Waals surface area contributed by atoms with Crippen LogP contribution >= 0.6 is 11.3 Å². The number of fused-ring (bicyclic) bond motifs is 11. The van der Waals surface area contributed by atoms with Crippen LogP contribution in [0, 0.1) is 0 Å². The molecule has 0 spiro atoms. The van der Waals surface area contributed by atoms with E-state index in [1.54, 1.807) is 0 Å². The van der Waals surface area contributed by atoms with E-state index < -0.39 is 0 Å². The molecule has 11 rings (SSSR count). The zero-order valence-corrected chi connectivity index (χ0v) is 27.0. The summed E-state index contributed by atoms with van der Waals surface area (Å²) in [6, 6.07) is 56.3. The Kier molecular flexibility index (Phi) is 5.51. The van der Waals surface area contributed by atoms with Gasteiger partial charge in [-0.2, -0.15) is 0 Å². The molecule has 4 aromatic heterocycles.